The van der Waals surface area contributed by atoms with Crippen LogP contribution in [0.5, 0.6) is 0 Å². The van der Waals surface area contributed by atoms with Crippen molar-refractivity contribution in [2.75, 3.05) is 6.54 Å². The van der Waals surface area contributed by atoms with Crippen LogP contribution in [0.2, 0.25) is 5.02 Å². The van der Waals surface area contributed by atoms with Crippen LogP contribution in [0.3, 0.4) is 0 Å². The fraction of sp³-hybridized carbons (Fsp3) is 0.100. The van der Waals surface area contributed by atoms with Crippen molar-refractivity contribution >= 4 is 23.2 Å². The minimum absolute atomic E-state index is 0.0334. The Morgan fingerprint density at radius 2 is 2.31 bits per heavy atom. The van der Waals surface area contributed by atoms with Gasteiger partial charge in [0.15, 0.2) is 0 Å². The van der Waals surface area contributed by atoms with Crippen LogP contribution in [0.1, 0.15) is 10.4 Å². The van der Waals surface area contributed by atoms with Gasteiger partial charge in [0, 0.05) is 6.07 Å². The highest BCUT2D eigenvalue weighted by atomic mass is 35.5. The van der Waals surface area contributed by atoms with Crippen LogP contribution in [0.4, 0.5) is 5.69 Å². The minimum atomic E-state index is -0.652. The number of carbonyl (C=O) groups is 1. The van der Waals surface area contributed by atoms with Crippen molar-refractivity contribution in [2.24, 2.45) is 0 Å². The molecule has 0 bridgehead atoms. The standard InChI is InChI=1S/C10H7ClN2O3/c1-2-6-12-10(14)7-4-3-5-8(9(7)11)13(15)16/h1,3-5H,6H2,(H,12,14). The van der Waals surface area contributed by atoms with Gasteiger partial charge in [-0.2, -0.15) is 0 Å². The number of nitro groups is 1. The molecule has 0 saturated carbocycles. The van der Waals surface area contributed by atoms with E-state index in [1.165, 1.54) is 18.2 Å². The third-order valence-corrected chi connectivity index (χ3v) is 2.17. The van der Waals surface area contributed by atoms with Crippen LogP contribution in [0, 0.1) is 22.5 Å². The molecule has 0 fully saturated rings. The Labute approximate surface area is 96.6 Å². The third kappa shape index (κ3) is 2.49. The van der Waals surface area contributed by atoms with Crippen LogP contribution in [-0.4, -0.2) is 17.4 Å². The van der Waals surface area contributed by atoms with Gasteiger partial charge in [0.25, 0.3) is 11.6 Å². The summed E-state index contributed by atoms with van der Waals surface area (Å²) >= 11 is 5.72. The van der Waals surface area contributed by atoms with E-state index in [9.17, 15) is 14.9 Å². The zero-order valence-electron chi connectivity index (χ0n) is 8.07. The van der Waals surface area contributed by atoms with Gasteiger partial charge in [0.1, 0.15) is 5.02 Å². The van der Waals surface area contributed by atoms with Gasteiger partial charge in [-0.3, -0.25) is 14.9 Å². The Balaban J connectivity index is 3.07. The SMILES string of the molecule is C#CCNC(=O)c1cccc([N+](=O)[O-])c1Cl. The van der Waals surface area contributed by atoms with Gasteiger partial charge in [0.2, 0.25) is 0 Å². The summed E-state index contributed by atoms with van der Waals surface area (Å²) in [5, 5.41) is 12.7. The molecule has 6 heteroatoms. The van der Waals surface area contributed by atoms with Crippen molar-refractivity contribution < 1.29 is 9.72 Å². The second-order valence-corrected chi connectivity index (χ2v) is 3.16. The Morgan fingerprint density at radius 1 is 1.62 bits per heavy atom. The summed E-state index contributed by atoms with van der Waals surface area (Å²) in [7, 11) is 0. The summed E-state index contributed by atoms with van der Waals surface area (Å²) in [6.07, 6.45) is 4.97. The zero-order chi connectivity index (χ0) is 12.1. The average Bonchev–Trinajstić information content (AvgIpc) is 2.25. The van der Waals surface area contributed by atoms with Crippen molar-refractivity contribution in [3.8, 4) is 12.3 Å². The summed E-state index contributed by atoms with van der Waals surface area (Å²) in [5.41, 5.74) is -0.277. The maximum atomic E-state index is 11.5. The third-order valence-electron chi connectivity index (χ3n) is 1.77. The predicted molar refractivity (Wildman–Crippen MR) is 59.3 cm³/mol. The highest BCUT2D eigenvalue weighted by Crippen LogP contribution is 2.27. The highest BCUT2D eigenvalue weighted by molar-refractivity contribution is 6.35. The molecule has 0 saturated heterocycles. The van der Waals surface area contributed by atoms with Crippen molar-refractivity contribution in [3.05, 3.63) is 38.9 Å². The molecule has 1 rings (SSSR count). The number of nitrogens with zero attached hydrogens (tertiary/aromatic N) is 1. The summed E-state index contributed by atoms with van der Waals surface area (Å²) in [6, 6.07) is 4.00. The fourth-order valence-electron chi connectivity index (χ4n) is 1.06. The second kappa shape index (κ2) is 5.14. The van der Waals surface area contributed by atoms with Gasteiger partial charge in [-0.25, -0.2) is 0 Å². The number of amides is 1. The van der Waals surface area contributed by atoms with E-state index in [2.05, 4.69) is 11.2 Å². The zero-order valence-corrected chi connectivity index (χ0v) is 8.82. The lowest BCUT2D eigenvalue weighted by atomic mass is 10.2. The number of hydrogen-bond donors (Lipinski definition) is 1. The molecule has 0 aliphatic rings. The smallest absolute Gasteiger partial charge is 0.288 e. The number of nitrogens with one attached hydrogen (secondary N) is 1. The van der Waals surface area contributed by atoms with E-state index in [4.69, 9.17) is 18.0 Å². The number of rotatable bonds is 3. The summed E-state index contributed by atoms with van der Waals surface area (Å²) in [6.45, 7) is 0.0395. The lowest BCUT2D eigenvalue weighted by Crippen LogP contribution is -2.23. The summed E-state index contributed by atoms with van der Waals surface area (Å²) < 4.78 is 0. The molecule has 1 amide bonds. The molecule has 1 aromatic carbocycles. The lowest BCUT2D eigenvalue weighted by Gasteiger charge is -2.03. The lowest BCUT2D eigenvalue weighted by molar-refractivity contribution is -0.384. The largest absolute Gasteiger partial charge is 0.341 e. The van der Waals surface area contributed by atoms with Crippen LogP contribution in [0.15, 0.2) is 18.2 Å². The van der Waals surface area contributed by atoms with Crippen molar-refractivity contribution in [1.82, 2.24) is 5.32 Å². The first-order valence-electron chi connectivity index (χ1n) is 4.22. The molecule has 1 aromatic rings. The van der Waals surface area contributed by atoms with Gasteiger partial charge in [-0.1, -0.05) is 23.6 Å². The number of benzene rings is 1. The van der Waals surface area contributed by atoms with Gasteiger partial charge in [0.05, 0.1) is 17.0 Å². The molecule has 0 atom stereocenters. The monoisotopic (exact) mass is 238 g/mol. The highest BCUT2D eigenvalue weighted by Gasteiger charge is 2.19. The van der Waals surface area contributed by atoms with E-state index >= 15 is 0 Å². The van der Waals surface area contributed by atoms with Crippen molar-refractivity contribution in [3.63, 3.8) is 0 Å². The number of nitro benzene ring substituents is 1. The summed E-state index contributed by atoms with van der Waals surface area (Å²) in [4.78, 5) is 21.4. The number of carbonyl (C=O) groups excluding carboxylic acids is 1. The van der Waals surface area contributed by atoms with E-state index in [0.717, 1.165) is 0 Å². The van der Waals surface area contributed by atoms with Gasteiger partial charge < -0.3 is 5.32 Å². The minimum Gasteiger partial charge on any atom is -0.341 e. The molecule has 0 spiro atoms. The first kappa shape index (κ1) is 12.0. The first-order valence-corrected chi connectivity index (χ1v) is 4.60. The van der Waals surface area contributed by atoms with Crippen LogP contribution in [-0.2, 0) is 0 Å². The van der Waals surface area contributed by atoms with Crippen LogP contribution in [0.25, 0.3) is 0 Å². The Kier molecular flexibility index (Phi) is 3.86. The molecule has 0 aliphatic carbocycles. The molecule has 0 heterocycles. The van der Waals surface area contributed by atoms with E-state index in [0.29, 0.717) is 0 Å². The number of terminal acetylenes is 1. The molecule has 1 N–H and O–H groups in total. The van der Waals surface area contributed by atoms with Gasteiger partial charge in [-0.15, -0.1) is 6.42 Å². The maximum Gasteiger partial charge on any atom is 0.288 e. The number of hydrogen-bond acceptors (Lipinski definition) is 3. The van der Waals surface area contributed by atoms with E-state index < -0.39 is 10.8 Å². The molecule has 0 aliphatic heterocycles. The van der Waals surface area contributed by atoms with E-state index in [1.54, 1.807) is 0 Å². The quantitative estimate of drug-likeness (QED) is 0.494. The van der Waals surface area contributed by atoms with E-state index in [-0.39, 0.29) is 22.8 Å². The molecule has 5 nitrogen and oxygen atoms in total. The fourth-order valence-corrected chi connectivity index (χ4v) is 1.34. The normalized spacial score (nSPS) is 9.25. The second-order valence-electron chi connectivity index (χ2n) is 2.78. The molecule has 0 unspecified atom stereocenters. The van der Waals surface area contributed by atoms with E-state index in [1.807, 2.05) is 0 Å². The molecular weight excluding hydrogens is 232 g/mol. The van der Waals surface area contributed by atoms with Crippen molar-refractivity contribution in [1.29, 1.82) is 0 Å². The number of halogens is 1. The Hall–Kier alpha value is -2.06. The Bertz CT molecular complexity index is 479. The van der Waals surface area contributed by atoms with Crippen LogP contribution < -0.4 is 5.32 Å². The molecule has 0 aromatic heterocycles. The molecule has 0 radical (unpaired) electrons. The van der Waals surface area contributed by atoms with Gasteiger partial charge in [-0.05, 0) is 6.07 Å². The topological polar surface area (TPSA) is 72.2 Å². The van der Waals surface area contributed by atoms with Gasteiger partial charge >= 0.3 is 0 Å². The summed E-state index contributed by atoms with van der Waals surface area (Å²) in [5.74, 6) is 1.68. The van der Waals surface area contributed by atoms with Crippen LogP contribution >= 0.6 is 11.6 Å². The Morgan fingerprint density at radius 3 is 2.88 bits per heavy atom. The molecule has 16 heavy (non-hydrogen) atoms. The maximum absolute atomic E-state index is 11.5. The predicted octanol–water partition coefficient (Wildman–Crippen LogP) is 1.61. The first-order chi connectivity index (χ1) is 7.57. The molecular formula is C10H7ClN2O3. The molecule has 82 valence electrons. The average molecular weight is 239 g/mol. The van der Waals surface area contributed by atoms with Crippen molar-refractivity contribution in [2.45, 2.75) is 0 Å².